The summed E-state index contributed by atoms with van der Waals surface area (Å²) in [6.45, 7) is -0.386. The summed E-state index contributed by atoms with van der Waals surface area (Å²) in [5, 5.41) is 22.7. The average molecular weight is 314 g/mol. The number of benzene rings is 1. The van der Waals surface area contributed by atoms with Crippen LogP contribution in [0.4, 0.5) is 24.5 Å². The van der Waals surface area contributed by atoms with Gasteiger partial charge in [0.1, 0.15) is 11.6 Å². The molecule has 1 aliphatic heterocycles. The Morgan fingerprint density at radius 3 is 2.82 bits per heavy atom. The van der Waals surface area contributed by atoms with Crippen LogP contribution in [0.2, 0.25) is 0 Å². The minimum atomic E-state index is -4.23. The highest BCUT2D eigenvalue weighted by Gasteiger charge is 2.34. The van der Waals surface area contributed by atoms with Crippen LogP contribution in [-0.2, 0) is 0 Å². The maximum atomic E-state index is 12.3. The van der Waals surface area contributed by atoms with Gasteiger partial charge in [0, 0.05) is 30.9 Å². The highest BCUT2D eigenvalue weighted by molar-refractivity contribution is 5.59. The summed E-state index contributed by atoms with van der Waals surface area (Å²) >= 11 is 0. The van der Waals surface area contributed by atoms with E-state index in [4.69, 9.17) is 5.26 Å². The number of nitriles is 1. The molecule has 0 spiro atoms. The minimum absolute atomic E-state index is 0.0832. The summed E-state index contributed by atoms with van der Waals surface area (Å²) in [4.78, 5) is 11.4. The first-order valence-corrected chi connectivity index (χ1v) is 6.52. The third-order valence-electron chi connectivity index (χ3n) is 3.36. The fraction of sp³-hybridized carbons (Fsp3) is 0.462. The van der Waals surface area contributed by atoms with Gasteiger partial charge in [-0.05, 0) is 18.6 Å². The van der Waals surface area contributed by atoms with Crippen LogP contribution in [0.5, 0.6) is 0 Å². The van der Waals surface area contributed by atoms with Gasteiger partial charge < -0.3 is 5.32 Å². The zero-order chi connectivity index (χ0) is 16.3. The Morgan fingerprint density at radius 2 is 2.23 bits per heavy atom. The van der Waals surface area contributed by atoms with Crippen molar-refractivity contribution in [2.24, 2.45) is 0 Å². The van der Waals surface area contributed by atoms with Gasteiger partial charge >= 0.3 is 6.18 Å². The Balaban J connectivity index is 2.01. The maximum Gasteiger partial charge on any atom is 0.401 e. The molecule has 6 nitrogen and oxygen atoms in total. The first kappa shape index (κ1) is 16.0. The molecule has 1 aromatic carbocycles. The highest BCUT2D eigenvalue weighted by atomic mass is 19.4. The van der Waals surface area contributed by atoms with E-state index in [1.165, 1.54) is 23.1 Å². The van der Waals surface area contributed by atoms with Crippen LogP contribution in [0.3, 0.4) is 0 Å². The summed E-state index contributed by atoms with van der Waals surface area (Å²) in [6.07, 6.45) is -3.69. The average Bonchev–Trinajstić information content (AvgIpc) is 2.83. The first-order chi connectivity index (χ1) is 10.3. The fourth-order valence-corrected chi connectivity index (χ4v) is 2.46. The van der Waals surface area contributed by atoms with E-state index in [1.807, 2.05) is 0 Å². The molecule has 0 unspecified atom stereocenters. The lowest BCUT2D eigenvalue weighted by molar-refractivity contribution is -0.385. The molecule has 0 aromatic heterocycles. The van der Waals surface area contributed by atoms with Crippen molar-refractivity contribution in [3.63, 3.8) is 0 Å². The molecule has 1 N–H and O–H groups in total. The van der Waals surface area contributed by atoms with Crippen LogP contribution >= 0.6 is 0 Å². The molecule has 0 amide bonds. The van der Waals surface area contributed by atoms with Crippen molar-refractivity contribution in [1.82, 2.24) is 4.90 Å². The molecule has 1 saturated heterocycles. The molecular weight excluding hydrogens is 301 g/mol. The molecule has 1 atom stereocenters. The highest BCUT2D eigenvalue weighted by Crippen LogP contribution is 2.25. The van der Waals surface area contributed by atoms with Crippen molar-refractivity contribution in [3.05, 3.63) is 33.9 Å². The minimum Gasteiger partial charge on any atom is -0.381 e. The third kappa shape index (κ3) is 4.08. The SMILES string of the molecule is N#Cc1cc(N[C@H]2CCN(CC(F)(F)F)C2)ccc1[N+](=O)[O-]. The van der Waals surface area contributed by atoms with E-state index >= 15 is 0 Å². The lowest BCUT2D eigenvalue weighted by Gasteiger charge is -2.18. The van der Waals surface area contributed by atoms with E-state index in [1.54, 1.807) is 6.07 Å². The number of nitrogens with zero attached hydrogens (tertiary/aromatic N) is 3. The Kier molecular flexibility index (Phi) is 4.51. The number of nitrogens with one attached hydrogen (secondary N) is 1. The molecule has 0 saturated carbocycles. The molecule has 2 rings (SSSR count). The van der Waals surface area contributed by atoms with Crippen molar-refractivity contribution < 1.29 is 18.1 Å². The summed E-state index contributed by atoms with van der Waals surface area (Å²) < 4.78 is 37.0. The Labute approximate surface area is 124 Å². The Bertz CT molecular complexity index is 612. The van der Waals surface area contributed by atoms with E-state index in [0.29, 0.717) is 18.7 Å². The van der Waals surface area contributed by atoms with Crippen LogP contribution in [0.15, 0.2) is 18.2 Å². The zero-order valence-corrected chi connectivity index (χ0v) is 11.4. The van der Waals surface area contributed by atoms with Crippen LogP contribution in [0.25, 0.3) is 0 Å². The molecule has 22 heavy (non-hydrogen) atoms. The van der Waals surface area contributed by atoms with Gasteiger partial charge in [0.25, 0.3) is 5.69 Å². The van der Waals surface area contributed by atoms with Gasteiger partial charge in [0.2, 0.25) is 0 Å². The smallest absolute Gasteiger partial charge is 0.381 e. The fourth-order valence-electron chi connectivity index (χ4n) is 2.46. The molecule has 0 radical (unpaired) electrons. The van der Waals surface area contributed by atoms with Gasteiger partial charge in [-0.15, -0.1) is 0 Å². The molecule has 1 aromatic rings. The van der Waals surface area contributed by atoms with Gasteiger partial charge in [0.15, 0.2) is 0 Å². The number of halogens is 3. The first-order valence-electron chi connectivity index (χ1n) is 6.52. The van der Waals surface area contributed by atoms with Crippen molar-refractivity contribution in [2.45, 2.75) is 18.6 Å². The molecule has 118 valence electrons. The second-order valence-electron chi connectivity index (χ2n) is 5.08. The van der Waals surface area contributed by atoms with Crippen molar-refractivity contribution in [1.29, 1.82) is 5.26 Å². The number of nitro groups is 1. The van der Waals surface area contributed by atoms with Gasteiger partial charge in [-0.3, -0.25) is 15.0 Å². The van der Waals surface area contributed by atoms with Gasteiger partial charge in [-0.25, -0.2) is 0 Å². The summed E-state index contributed by atoms with van der Waals surface area (Å²) in [6, 6.07) is 5.56. The van der Waals surface area contributed by atoms with E-state index in [0.717, 1.165) is 0 Å². The largest absolute Gasteiger partial charge is 0.401 e. The second kappa shape index (κ2) is 6.19. The third-order valence-corrected chi connectivity index (χ3v) is 3.36. The summed E-state index contributed by atoms with van der Waals surface area (Å²) in [7, 11) is 0. The molecule has 1 aliphatic rings. The number of hydrogen-bond acceptors (Lipinski definition) is 5. The number of nitro benzene ring substituents is 1. The Hall–Kier alpha value is -2.34. The van der Waals surface area contributed by atoms with Gasteiger partial charge in [0.05, 0.1) is 11.5 Å². The molecule has 0 bridgehead atoms. The molecule has 9 heteroatoms. The number of alkyl halides is 3. The second-order valence-corrected chi connectivity index (χ2v) is 5.08. The lowest BCUT2D eigenvalue weighted by atomic mass is 10.1. The molecular formula is C13H13F3N4O2. The van der Waals surface area contributed by atoms with Crippen LogP contribution in [0, 0.1) is 21.4 Å². The molecule has 1 heterocycles. The van der Waals surface area contributed by atoms with Gasteiger partial charge in [-0.1, -0.05) is 0 Å². The number of rotatable bonds is 4. The topological polar surface area (TPSA) is 82.2 Å². The molecule has 0 aliphatic carbocycles. The van der Waals surface area contributed by atoms with E-state index in [9.17, 15) is 23.3 Å². The summed E-state index contributed by atoms with van der Waals surface area (Å²) in [5.41, 5.74) is 0.110. The van der Waals surface area contributed by atoms with Crippen LogP contribution < -0.4 is 5.32 Å². The quantitative estimate of drug-likeness (QED) is 0.682. The normalized spacial score (nSPS) is 18.9. The van der Waals surface area contributed by atoms with Crippen molar-refractivity contribution in [3.8, 4) is 6.07 Å². The number of anilines is 1. The predicted molar refractivity (Wildman–Crippen MR) is 72.3 cm³/mol. The zero-order valence-electron chi connectivity index (χ0n) is 11.4. The standard InChI is InChI=1S/C13H13F3N4O2/c14-13(15,16)8-19-4-3-11(7-19)18-10-1-2-12(20(21)22)9(5-10)6-17/h1-2,5,11,18H,3-4,7-8H2/t11-/m0/s1. The van der Waals surface area contributed by atoms with Crippen molar-refractivity contribution >= 4 is 11.4 Å². The summed E-state index contributed by atoms with van der Waals surface area (Å²) in [5.74, 6) is 0. The van der Waals surface area contributed by atoms with Crippen LogP contribution in [-0.4, -0.2) is 41.7 Å². The van der Waals surface area contributed by atoms with E-state index < -0.39 is 17.6 Å². The number of hydrogen-bond donors (Lipinski definition) is 1. The maximum absolute atomic E-state index is 12.3. The van der Waals surface area contributed by atoms with Gasteiger partial charge in [-0.2, -0.15) is 18.4 Å². The molecule has 1 fully saturated rings. The number of likely N-dealkylation sites (tertiary alicyclic amines) is 1. The van der Waals surface area contributed by atoms with E-state index in [2.05, 4.69) is 5.32 Å². The van der Waals surface area contributed by atoms with Crippen LogP contribution in [0.1, 0.15) is 12.0 Å². The predicted octanol–water partition coefficient (Wildman–Crippen LogP) is 2.51. The van der Waals surface area contributed by atoms with Crippen molar-refractivity contribution in [2.75, 3.05) is 25.0 Å². The Morgan fingerprint density at radius 1 is 1.50 bits per heavy atom. The van der Waals surface area contributed by atoms with E-state index in [-0.39, 0.29) is 23.8 Å². The monoisotopic (exact) mass is 314 g/mol. The lowest BCUT2D eigenvalue weighted by Crippen LogP contribution is -2.34.